The lowest BCUT2D eigenvalue weighted by Crippen LogP contribution is -2.15. The molecule has 0 radical (unpaired) electrons. The molecule has 0 saturated heterocycles. The first-order valence-corrected chi connectivity index (χ1v) is 12.9. The number of hydrogen-bond acceptors (Lipinski definition) is 12. The van der Waals surface area contributed by atoms with Crippen LogP contribution in [-0.4, -0.2) is 62.3 Å². The highest BCUT2D eigenvalue weighted by atomic mass is 19.1. The highest BCUT2D eigenvalue weighted by Crippen LogP contribution is 2.30. The van der Waals surface area contributed by atoms with E-state index in [0.717, 1.165) is 12.1 Å². The number of nitrogens with one attached hydrogen (secondary N) is 1. The fourth-order valence-corrected chi connectivity index (χ4v) is 3.81. The number of ether oxygens (including phenoxy) is 4. The summed E-state index contributed by atoms with van der Waals surface area (Å²) in [6.45, 7) is 4.91. The number of rotatable bonds is 11. The minimum absolute atomic E-state index is 0.0300. The van der Waals surface area contributed by atoms with Gasteiger partial charge in [0.05, 0.1) is 59.0 Å². The maximum atomic E-state index is 14.2. The van der Waals surface area contributed by atoms with Gasteiger partial charge in [0, 0.05) is 12.3 Å². The zero-order valence-corrected chi connectivity index (χ0v) is 23.2. The Morgan fingerprint density at radius 3 is 2.40 bits per heavy atom. The van der Waals surface area contributed by atoms with E-state index in [0.29, 0.717) is 0 Å². The first-order chi connectivity index (χ1) is 20.6. The van der Waals surface area contributed by atoms with Gasteiger partial charge >= 0.3 is 18.0 Å². The standard InChI is InChI=1S/C27H25FN6O9/c1-4-40-24-23(26(36)42-6-3)30-19-10-21(22(34(38)39)11-20(19)31-24)33-12-16(29-14-33)13-43-27(37)32-18-9-15(7-8-17(18)28)25(35)41-5-2/h7-12,14H,4-6,13H2,1-3H3,(H,32,37). The molecule has 0 atom stereocenters. The van der Waals surface area contributed by atoms with Crippen LogP contribution >= 0.6 is 0 Å². The predicted octanol–water partition coefficient (Wildman–Crippen LogP) is 4.36. The molecule has 0 saturated carbocycles. The fourth-order valence-electron chi connectivity index (χ4n) is 3.81. The topological polar surface area (TPSA) is 187 Å². The molecule has 1 amide bonds. The third kappa shape index (κ3) is 6.98. The van der Waals surface area contributed by atoms with E-state index in [1.165, 1.54) is 35.3 Å². The van der Waals surface area contributed by atoms with Crippen LogP contribution in [0.25, 0.3) is 16.7 Å². The van der Waals surface area contributed by atoms with Gasteiger partial charge in [-0.05, 0) is 45.0 Å². The number of fused-ring (bicyclic) bond motifs is 1. The molecule has 2 heterocycles. The number of nitro groups is 1. The van der Waals surface area contributed by atoms with Crippen LogP contribution < -0.4 is 10.1 Å². The van der Waals surface area contributed by atoms with Gasteiger partial charge in [-0.3, -0.25) is 20.0 Å². The number of anilines is 1. The first-order valence-electron chi connectivity index (χ1n) is 12.9. The highest BCUT2D eigenvalue weighted by molar-refractivity contribution is 5.94. The summed E-state index contributed by atoms with van der Waals surface area (Å²) in [5.41, 5.74) is -0.344. The fraction of sp³-hybridized carbons (Fsp3) is 0.259. The molecule has 0 spiro atoms. The third-order valence-corrected chi connectivity index (χ3v) is 5.65. The first kappa shape index (κ1) is 30.3. The highest BCUT2D eigenvalue weighted by Gasteiger charge is 2.24. The monoisotopic (exact) mass is 596 g/mol. The van der Waals surface area contributed by atoms with Gasteiger partial charge in [0.1, 0.15) is 18.1 Å². The summed E-state index contributed by atoms with van der Waals surface area (Å²) in [5.74, 6) is -2.39. The number of amides is 1. The minimum Gasteiger partial charge on any atom is -0.476 e. The summed E-state index contributed by atoms with van der Waals surface area (Å²) in [6.07, 6.45) is 1.58. The van der Waals surface area contributed by atoms with Gasteiger partial charge in [-0.25, -0.2) is 33.7 Å². The van der Waals surface area contributed by atoms with Crippen LogP contribution in [0.15, 0.2) is 42.9 Å². The molecule has 43 heavy (non-hydrogen) atoms. The summed E-state index contributed by atoms with van der Waals surface area (Å²) >= 11 is 0. The average molecular weight is 597 g/mol. The Morgan fingerprint density at radius 1 is 0.977 bits per heavy atom. The smallest absolute Gasteiger partial charge is 0.412 e. The van der Waals surface area contributed by atoms with Gasteiger partial charge in [0.2, 0.25) is 11.6 Å². The summed E-state index contributed by atoms with van der Waals surface area (Å²) in [5, 5.41) is 14.1. The van der Waals surface area contributed by atoms with E-state index >= 15 is 0 Å². The van der Waals surface area contributed by atoms with Crippen LogP contribution in [0.5, 0.6) is 5.88 Å². The lowest BCUT2D eigenvalue weighted by molar-refractivity contribution is -0.384. The molecule has 1 N–H and O–H groups in total. The zero-order valence-electron chi connectivity index (χ0n) is 23.2. The van der Waals surface area contributed by atoms with Crippen molar-refractivity contribution < 1.29 is 42.6 Å². The molecule has 0 bridgehead atoms. The Labute approximate surface area is 242 Å². The van der Waals surface area contributed by atoms with E-state index in [9.17, 15) is 28.9 Å². The Balaban J connectivity index is 1.56. The van der Waals surface area contributed by atoms with Crippen LogP contribution in [0.4, 0.5) is 20.6 Å². The summed E-state index contributed by atoms with van der Waals surface area (Å²) < 4.78 is 35.9. The molecular formula is C27H25FN6O9. The molecule has 4 aromatic rings. The number of carbonyl (C=O) groups excluding carboxylic acids is 3. The van der Waals surface area contributed by atoms with Crippen molar-refractivity contribution in [1.82, 2.24) is 19.5 Å². The number of imidazole rings is 1. The van der Waals surface area contributed by atoms with E-state index in [2.05, 4.69) is 20.3 Å². The van der Waals surface area contributed by atoms with Crippen LogP contribution in [0.3, 0.4) is 0 Å². The number of halogens is 1. The van der Waals surface area contributed by atoms with Crippen LogP contribution in [0, 0.1) is 15.9 Å². The lowest BCUT2D eigenvalue weighted by atomic mass is 10.2. The number of benzene rings is 2. The van der Waals surface area contributed by atoms with Gasteiger partial charge in [0.25, 0.3) is 5.69 Å². The molecular weight excluding hydrogens is 571 g/mol. The molecule has 0 unspecified atom stereocenters. The van der Waals surface area contributed by atoms with Gasteiger partial charge in [0.15, 0.2) is 0 Å². The van der Waals surface area contributed by atoms with Crippen molar-refractivity contribution in [2.45, 2.75) is 27.4 Å². The van der Waals surface area contributed by atoms with E-state index in [1.54, 1.807) is 20.8 Å². The Kier molecular flexibility index (Phi) is 9.39. The summed E-state index contributed by atoms with van der Waals surface area (Å²) in [6, 6.07) is 5.84. The molecule has 0 fully saturated rings. The van der Waals surface area contributed by atoms with Crippen molar-refractivity contribution in [3.05, 3.63) is 75.7 Å². The molecule has 2 aromatic carbocycles. The number of nitrogens with zero attached hydrogens (tertiary/aromatic N) is 5. The van der Waals surface area contributed by atoms with E-state index in [-0.39, 0.29) is 77.4 Å². The molecule has 0 aliphatic carbocycles. The van der Waals surface area contributed by atoms with Crippen molar-refractivity contribution in [3.63, 3.8) is 0 Å². The van der Waals surface area contributed by atoms with E-state index < -0.39 is 28.8 Å². The molecule has 4 rings (SSSR count). The average Bonchev–Trinajstić information content (AvgIpc) is 3.45. The number of nitro benzene ring substituents is 1. The third-order valence-electron chi connectivity index (χ3n) is 5.65. The normalized spacial score (nSPS) is 10.7. The second-order valence-electron chi connectivity index (χ2n) is 8.51. The minimum atomic E-state index is -1.04. The van der Waals surface area contributed by atoms with Crippen molar-refractivity contribution in [2.24, 2.45) is 0 Å². The van der Waals surface area contributed by atoms with E-state index in [4.69, 9.17) is 18.9 Å². The van der Waals surface area contributed by atoms with Crippen molar-refractivity contribution >= 4 is 40.4 Å². The summed E-state index contributed by atoms with van der Waals surface area (Å²) in [4.78, 5) is 60.6. The maximum absolute atomic E-state index is 14.2. The Bertz CT molecular complexity index is 1710. The van der Waals surface area contributed by atoms with Gasteiger partial charge in [-0.15, -0.1) is 0 Å². The van der Waals surface area contributed by atoms with E-state index in [1.807, 2.05) is 0 Å². The predicted molar refractivity (Wildman–Crippen MR) is 147 cm³/mol. The largest absolute Gasteiger partial charge is 0.476 e. The molecule has 0 aliphatic rings. The summed E-state index contributed by atoms with van der Waals surface area (Å²) in [7, 11) is 0. The second-order valence-corrected chi connectivity index (χ2v) is 8.51. The quantitative estimate of drug-likeness (QED) is 0.112. The number of aromatic nitrogens is 4. The number of esters is 2. The van der Waals surface area contributed by atoms with Crippen LogP contribution in [0.1, 0.15) is 47.3 Å². The number of carbonyl (C=O) groups is 3. The van der Waals surface area contributed by atoms with Crippen molar-refractivity contribution in [2.75, 3.05) is 25.1 Å². The molecule has 16 heteroatoms. The van der Waals surface area contributed by atoms with Gasteiger partial charge < -0.3 is 18.9 Å². The SMILES string of the molecule is CCOC(=O)c1ccc(F)c(NC(=O)OCc2cn(-c3cc4nc(C(=O)OCC)c(OCC)nc4cc3[N+](=O)[O-])cn2)c1. The zero-order chi connectivity index (χ0) is 31.1. The lowest BCUT2D eigenvalue weighted by Gasteiger charge is -2.11. The van der Waals surface area contributed by atoms with Gasteiger partial charge in [-0.1, -0.05) is 0 Å². The molecule has 224 valence electrons. The second kappa shape index (κ2) is 13.3. The molecule has 15 nitrogen and oxygen atoms in total. The van der Waals surface area contributed by atoms with Crippen LogP contribution in [0.2, 0.25) is 0 Å². The van der Waals surface area contributed by atoms with Gasteiger partial charge in [-0.2, -0.15) is 0 Å². The maximum Gasteiger partial charge on any atom is 0.412 e. The Hall–Kier alpha value is -5.67. The van der Waals surface area contributed by atoms with Crippen LogP contribution in [-0.2, 0) is 20.8 Å². The molecule has 2 aromatic heterocycles. The van der Waals surface area contributed by atoms with Crippen molar-refractivity contribution in [1.29, 1.82) is 0 Å². The number of hydrogen-bond donors (Lipinski definition) is 1. The molecule has 0 aliphatic heterocycles. The Morgan fingerprint density at radius 2 is 1.70 bits per heavy atom. The van der Waals surface area contributed by atoms with Crippen molar-refractivity contribution in [3.8, 4) is 11.6 Å².